The van der Waals surface area contributed by atoms with Crippen LogP contribution >= 0.6 is 27.3 Å². The van der Waals surface area contributed by atoms with Crippen LogP contribution in [0.25, 0.3) is 10.2 Å². The van der Waals surface area contributed by atoms with E-state index in [0.717, 1.165) is 35.9 Å². The molecule has 3 aromatic rings. The smallest absolute Gasteiger partial charge is 0.365 e. The van der Waals surface area contributed by atoms with Gasteiger partial charge in [0, 0.05) is 12.4 Å². The highest BCUT2D eigenvalue weighted by Crippen LogP contribution is 2.48. The number of amides is 2. The van der Waals surface area contributed by atoms with Gasteiger partial charge in [-0.2, -0.15) is 18.3 Å². The fourth-order valence-electron chi connectivity index (χ4n) is 3.37. The Hall–Kier alpha value is -2.61. The minimum Gasteiger partial charge on any atom is -0.365 e. The molecular formula is C18H13BrF5N5O2S. The largest absolute Gasteiger partial charge is 0.436 e. The van der Waals surface area contributed by atoms with Gasteiger partial charge in [-0.1, -0.05) is 0 Å². The first-order valence-corrected chi connectivity index (χ1v) is 10.7. The van der Waals surface area contributed by atoms with Gasteiger partial charge in [-0.05, 0) is 46.3 Å². The maximum absolute atomic E-state index is 13.3. The standard InChI is InChI=1S/C18H13BrF5N5O2S/c1-29-11(9(19)13(28-29)18(22,23)24)16(31)27-10-8-6(5-2-3-5)4-7(14(20)21)26-17(8)32-12(10)15(25)30/h4-5,14H,2-3H2,1H3,(H2,25,30)(H,27,31). The zero-order valence-corrected chi connectivity index (χ0v) is 18.5. The monoisotopic (exact) mass is 537 g/mol. The van der Waals surface area contributed by atoms with Crippen molar-refractivity contribution in [3.8, 4) is 0 Å². The van der Waals surface area contributed by atoms with Crippen molar-refractivity contribution in [2.45, 2.75) is 31.4 Å². The van der Waals surface area contributed by atoms with E-state index in [2.05, 4.69) is 31.3 Å². The fourth-order valence-corrected chi connectivity index (χ4v) is 5.13. The molecule has 2 amide bonds. The van der Waals surface area contributed by atoms with Crippen LogP contribution in [0.3, 0.4) is 0 Å². The number of hydrogen-bond donors (Lipinski definition) is 2. The summed E-state index contributed by atoms with van der Waals surface area (Å²) in [5, 5.41) is 6.05. The Bertz CT molecular complexity index is 1270. The Morgan fingerprint density at radius 2 is 2.00 bits per heavy atom. The summed E-state index contributed by atoms with van der Waals surface area (Å²) in [4.78, 5) is 28.8. The molecular weight excluding hydrogens is 525 g/mol. The van der Waals surface area contributed by atoms with Crippen molar-refractivity contribution < 1.29 is 31.5 Å². The molecule has 1 aliphatic rings. The number of hydrogen-bond acceptors (Lipinski definition) is 5. The van der Waals surface area contributed by atoms with E-state index in [1.165, 1.54) is 6.07 Å². The van der Waals surface area contributed by atoms with Gasteiger partial charge in [-0.25, -0.2) is 13.8 Å². The highest BCUT2D eigenvalue weighted by molar-refractivity contribution is 9.10. The van der Waals surface area contributed by atoms with Crippen molar-refractivity contribution >= 4 is 55.0 Å². The quantitative estimate of drug-likeness (QED) is 0.448. The first-order chi connectivity index (χ1) is 14.9. The molecule has 0 aromatic carbocycles. The van der Waals surface area contributed by atoms with Crippen molar-refractivity contribution in [3.05, 3.63) is 38.1 Å². The van der Waals surface area contributed by atoms with E-state index in [0.29, 0.717) is 5.56 Å². The number of nitrogens with two attached hydrogens (primary N) is 1. The zero-order chi connectivity index (χ0) is 23.5. The summed E-state index contributed by atoms with van der Waals surface area (Å²) in [6.45, 7) is 0. The molecule has 0 atom stereocenters. The number of rotatable bonds is 5. The van der Waals surface area contributed by atoms with Crippen LogP contribution in [-0.4, -0.2) is 26.6 Å². The van der Waals surface area contributed by atoms with Crippen LogP contribution in [0.1, 0.15) is 62.3 Å². The predicted molar refractivity (Wildman–Crippen MR) is 109 cm³/mol. The van der Waals surface area contributed by atoms with E-state index in [9.17, 15) is 31.5 Å². The molecule has 1 aliphatic carbocycles. The molecule has 32 heavy (non-hydrogen) atoms. The number of carbonyl (C=O) groups excluding carboxylic acids is 2. The lowest BCUT2D eigenvalue weighted by molar-refractivity contribution is -0.142. The van der Waals surface area contributed by atoms with Gasteiger partial charge in [-0.15, -0.1) is 11.3 Å². The number of nitrogens with one attached hydrogen (secondary N) is 1. The Morgan fingerprint density at radius 3 is 2.50 bits per heavy atom. The number of thiophene rings is 1. The summed E-state index contributed by atoms with van der Waals surface area (Å²) < 4.78 is 66.2. The Labute approximate surface area is 188 Å². The molecule has 4 rings (SSSR count). The van der Waals surface area contributed by atoms with Crippen LogP contribution in [0.4, 0.5) is 27.6 Å². The molecule has 14 heteroatoms. The van der Waals surface area contributed by atoms with Crippen LogP contribution in [0.5, 0.6) is 0 Å². The lowest BCUT2D eigenvalue weighted by atomic mass is 10.0. The molecule has 0 spiro atoms. The highest BCUT2D eigenvalue weighted by Gasteiger charge is 2.40. The number of aryl methyl sites for hydroxylation is 1. The number of aromatic nitrogens is 3. The molecule has 3 aromatic heterocycles. The van der Waals surface area contributed by atoms with Gasteiger partial charge in [0.1, 0.15) is 21.1 Å². The van der Waals surface area contributed by atoms with Crippen molar-refractivity contribution in [3.63, 3.8) is 0 Å². The fraction of sp³-hybridized carbons (Fsp3) is 0.333. The third kappa shape index (κ3) is 3.85. The molecule has 1 fully saturated rings. The Balaban J connectivity index is 1.86. The number of pyridine rings is 1. The summed E-state index contributed by atoms with van der Waals surface area (Å²) in [6.07, 6.45) is -6.21. The maximum atomic E-state index is 13.3. The van der Waals surface area contributed by atoms with Gasteiger partial charge >= 0.3 is 6.18 Å². The third-order valence-corrected chi connectivity index (χ3v) is 6.74. The molecule has 0 aliphatic heterocycles. The van der Waals surface area contributed by atoms with E-state index in [4.69, 9.17) is 5.73 Å². The Kier molecular flexibility index (Phi) is 5.48. The van der Waals surface area contributed by atoms with Crippen molar-refractivity contribution in [1.82, 2.24) is 14.8 Å². The topological polar surface area (TPSA) is 103 Å². The molecule has 3 heterocycles. The molecule has 0 saturated heterocycles. The molecule has 3 N–H and O–H groups in total. The highest BCUT2D eigenvalue weighted by atomic mass is 79.9. The average molecular weight is 538 g/mol. The SMILES string of the molecule is Cn1nc(C(F)(F)F)c(Br)c1C(=O)Nc1c(C(N)=O)sc2nc(C(F)F)cc(C3CC3)c12. The van der Waals surface area contributed by atoms with Gasteiger partial charge in [0.2, 0.25) is 0 Å². The van der Waals surface area contributed by atoms with Crippen LogP contribution in [0.15, 0.2) is 10.5 Å². The van der Waals surface area contributed by atoms with Crippen LogP contribution < -0.4 is 11.1 Å². The summed E-state index contributed by atoms with van der Waals surface area (Å²) >= 11 is 3.49. The van der Waals surface area contributed by atoms with Gasteiger partial charge in [0.15, 0.2) is 5.69 Å². The van der Waals surface area contributed by atoms with Crippen LogP contribution in [0.2, 0.25) is 0 Å². The lowest BCUT2D eigenvalue weighted by Crippen LogP contribution is -2.19. The first-order valence-electron chi connectivity index (χ1n) is 9.06. The summed E-state index contributed by atoms with van der Waals surface area (Å²) in [5.41, 5.74) is 3.61. The van der Waals surface area contributed by atoms with E-state index in [-0.39, 0.29) is 26.7 Å². The first kappa shape index (κ1) is 22.6. The van der Waals surface area contributed by atoms with Crippen molar-refractivity contribution in [1.29, 1.82) is 0 Å². The summed E-state index contributed by atoms with van der Waals surface area (Å²) in [5.74, 6) is -2.00. The minimum absolute atomic E-state index is 0.0655. The molecule has 1 saturated carbocycles. The van der Waals surface area contributed by atoms with E-state index in [1.807, 2.05) is 0 Å². The van der Waals surface area contributed by atoms with Gasteiger partial charge in [0.05, 0.1) is 10.2 Å². The van der Waals surface area contributed by atoms with Gasteiger partial charge < -0.3 is 11.1 Å². The number of carbonyl (C=O) groups is 2. The summed E-state index contributed by atoms with van der Waals surface area (Å²) in [6, 6.07) is 1.22. The molecule has 170 valence electrons. The van der Waals surface area contributed by atoms with Crippen molar-refractivity contribution in [2.24, 2.45) is 12.8 Å². The number of anilines is 1. The minimum atomic E-state index is -4.81. The van der Waals surface area contributed by atoms with Crippen molar-refractivity contribution in [2.75, 3.05) is 5.32 Å². The van der Waals surface area contributed by atoms with E-state index >= 15 is 0 Å². The van der Waals surface area contributed by atoms with Crippen LogP contribution in [0, 0.1) is 0 Å². The number of fused-ring (bicyclic) bond motifs is 1. The lowest BCUT2D eigenvalue weighted by Gasteiger charge is -2.10. The second kappa shape index (κ2) is 7.76. The third-order valence-electron chi connectivity index (χ3n) is 4.89. The molecule has 0 bridgehead atoms. The van der Waals surface area contributed by atoms with Gasteiger partial charge in [0.25, 0.3) is 18.2 Å². The second-order valence-electron chi connectivity index (χ2n) is 7.15. The predicted octanol–water partition coefficient (Wildman–Crippen LogP) is 4.98. The maximum Gasteiger partial charge on any atom is 0.436 e. The normalized spacial score (nSPS) is 14.4. The van der Waals surface area contributed by atoms with Gasteiger partial charge in [-0.3, -0.25) is 14.3 Å². The average Bonchev–Trinajstić information content (AvgIpc) is 3.39. The van der Waals surface area contributed by atoms with E-state index in [1.54, 1.807) is 0 Å². The second-order valence-corrected chi connectivity index (χ2v) is 8.94. The number of nitrogens with zero attached hydrogens (tertiary/aromatic N) is 3. The molecule has 7 nitrogen and oxygen atoms in total. The zero-order valence-electron chi connectivity index (χ0n) is 16.1. The molecule has 0 radical (unpaired) electrons. The van der Waals surface area contributed by atoms with E-state index < -0.39 is 46.0 Å². The van der Waals surface area contributed by atoms with Crippen LogP contribution in [-0.2, 0) is 13.2 Å². The number of halogens is 6. The Morgan fingerprint density at radius 1 is 1.34 bits per heavy atom. The summed E-state index contributed by atoms with van der Waals surface area (Å²) in [7, 11) is 1.15. The number of alkyl halides is 5. The number of primary amides is 1. The molecule has 0 unspecified atom stereocenters.